The van der Waals surface area contributed by atoms with Crippen molar-refractivity contribution >= 4 is 29.3 Å². The molecule has 2 aromatic carbocycles. The van der Waals surface area contributed by atoms with Crippen LogP contribution in [0.4, 0.5) is 5.69 Å². The smallest absolute Gasteiger partial charge is 0.266 e. The Morgan fingerprint density at radius 3 is 2.41 bits per heavy atom. The average Bonchev–Trinajstić information content (AvgIpc) is 2.50. The molecule has 110 valence electrons. The summed E-state index contributed by atoms with van der Waals surface area (Å²) in [7, 11) is 0. The molecular weight excluding hydrogens is 296 g/mol. The van der Waals surface area contributed by atoms with Crippen molar-refractivity contribution in [3.63, 3.8) is 0 Å². The number of halogens is 1. The van der Waals surface area contributed by atoms with Crippen LogP contribution in [0.25, 0.3) is 6.08 Å². The fraction of sp³-hybridized carbons (Fsp3) is 0.111. The number of hydrogen-bond acceptors (Lipinski definition) is 2. The molecule has 0 bridgehead atoms. The van der Waals surface area contributed by atoms with Gasteiger partial charge < -0.3 is 5.32 Å². The van der Waals surface area contributed by atoms with Gasteiger partial charge in [0.15, 0.2) is 0 Å². The molecule has 0 saturated heterocycles. The Hall–Kier alpha value is -2.57. The minimum absolute atomic E-state index is 0.0422. The van der Waals surface area contributed by atoms with E-state index in [0.29, 0.717) is 10.7 Å². The minimum atomic E-state index is -0.430. The van der Waals surface area contributed by atoms with E-state index in [1.165, 1.54) is 6.08 Å². The first-order valence-electron chi connectivity index (χ1n) is 6.75. The van der Waals surface area contributed by atoms with Crippen LogP contribution in [0.5, 0.6) is 0 Å². The molecule has 4 heteroatoms. The van der Waals surface area contributed by atoms with E-state index in [9.17, 15) is 10.1 Å². The first-order chi connectivity index (χ1) is 10.5. The van der Waals surface area contributed by atoms with Gasteiger partial charge >= 0.3 is 0 Å². The van der Waals surface area contributed by atoms with Crippen LogP contribution in [0.3, 0.4) is 0 Å². The highest BCUT2D eigenvalue weighted by atomic mass is 35.5. The number of anilines is 1. The zero-order chi connectivity index (χ0) is 16.1. The average molecular weight is 311 g/mol. The number of nitrogens with one attached hydrogen (secondary N) is 1. The number of rotatable bonds is 3. The molecule has 22 heavy (non-hydrogen) atoms. The number of benzene rings is 2. The van der Waals surface area contributed by atoms with Crippen LogP contribution in [0, 0.1) is 25.2 Å². The number of carbonyl (C=O) groups is 1. The van der Waals surface area contributed by atoms with Crippen LogP contribution in [0.1, 0.15) is 16.7 Å². The maximum atomic E-state index is 12.2. The van der Waals surface area contributed by atoms with Gasteiger partial charge in [0.05, 0.1) is 0 Å². The Kier molecular flexibility index (Phi) is 4.98. The van der Waals surface area contributed by atoms with Crippen molar-refractivity contribution in [2.45, 2.75) is 13.8 Å². The van der Waals surface area contributed by atoms with E-state index in [1.54, 1.807) is 24.3 Å². The lowest BCUT2D eigenvalue weighted by Gasteiger charge is -2.07. The van der Waals surface area contributed by atoms with Crippen LogP contribution in [0.15, 0.2) is 48.0 Å². The normalized spacial score (nSPS) is 10.9. The standard InChI is InChI=1S/C18H15ClN2O/c1-12-3-8-17(9-13(12)2)21-18(22)15(11-20)10-14-4-6-16(19)7-5-14/h3-10H,1-2H3,(H,21,22). The van der Waals surface area contributed by atoms with Gasteiger partial charge in [-0.25, -0.2) is 0 Å². The summed E-state index contributed by atoms with van der Waals surface area (Å²) < 4.78 is 0. The van der Waals surface area contributed by atoms with Crippen molar-refractivity contribution in [2.75, 3.05) is 5.32 Å². The molecule has 0 spiro atoms. The Labute approximate surface area is 134 Å². The molecular formula is C18H15ClN2O. The zero-order valence-electron chi connectivity index (χ0n) is 12.4. The van der Waals surface area contributed by atoms with Crippen molar-refractivity contribution < 1.29 is 4.79 Å². The Balaban J connectivity index is 2.20. The fourth-order valence-corrected chi connectivity index (χ4v) is 2.02. The number of nitriles is 1. The maximum absolute atomic E-state index is 12.2. The highest BCUT2D eigenvalue weighted by Crippen LogP contribution is 2.16. The number of aryl methyl sites for hydroxylation is 2. The third-order valence-electron chi connectivity index (χ3n) is 3.31. The van der Waals surface area contributed by atoms with Crippen LogP contribution in [-0.2, 0) is 4.79 Å². The lowest BCUT2D eigenvalue weighted by Crippen LogP contribution is -2.13. The van der Waals surface area contributed by atoms with Gasteiger partial charge in [0.25, 0.3) is 5.91 Å². The summed E-state index contributed by atoms with van der Waals surface area (Å²) in [6.45, 7) is 3.97. The SMILES string of the molecule is Cc1ccc(NC(=O)C(C#N)=Cc2ccc(Cl)cc2)cc1C. The molecule has 0 aliphatic carbocycles. The second-order valence-electron chi connectivity index (χ2n) is 4.97. The van der Waals surface area contributed by atoms with E-state index in [2.05, 4.69) is 5.32 Å². The van der Waals surface area contributed by atoms with Crippen molar-refractivity contribution in [3.05, 3.63) is 69.8 Å². The molecule has 0 fully saturated rings. The molecule has 2 aromatic rings. The fourth-order valence-electron chi connectivity index (χ4n) is 1.89. The van der Waals surface area contributed by atoms with Gasteiger partial charge in [-0.15, -0.1) is 0 Å². The molecule has 3 nitrogen and oxygen atoms in total. The highest BCUT2D eigenvalue weighted by Gasteiger charge is 2.10. The summed E-state index contributed by atoms with van der Waals surface area (Å²) in [6.07, 6.45) is 1.53. The summed E-state index contributed by atoms with van der Waals surface area (Å²) in [5.74, 6) is -0.430. The van der Waals surface area contributed by atoms with Gasteiger partial charge in [0.1, 0.15) is 11.6 Å². The largest absolute Gasteiger partial charge is 0.321 e. The van der Waals surface area contributed by atoms with Crippen LogP contribution in [-0.4, -0.2) is 5.91 Å². The summed E-state index contributed by atoms with van der Waals surface area (Å²) in [6, 6.07) is 14.5. The predicted molar refractivity (Wildman–Crippen MR) is 89.6 cm³/mol. The van der Waals surface area contributed by atoms with Crippen molar-refractivity contribution in [2.24, 2.45) is 0 Å². The molecule has 0 aliphatic heterocycles. The van der Waals surface area contributed by atoms with Crippen molar-refractivity contribution in [1.82, 2.24) is 0 Å². The lowest BCUT2D eigenvalue weighted by atomic mass is 10.1. The maximum Gasteiger partial charge on any atom is 0.266 e. The third-order valence-corrected chi connectivity index (χ3v) is 3.56. The van der Waals surface area contributed by atoms with E-state index in [4.69, 9.17) is 11.6 Å². The van der Waals surface area contributed by atoms with Crippen molar-refractivity contribution in [1.29, 1.82) is 5.26 Å². The third kappa shape index (κ3) is 3.97. The van der Waals surface area contributed by atoms with Crippen molar-refractivity contribution in [3.8, 4) is 6.07 Å². The molecule has 0 heterocycles. The molecule has 0 saturated carbocycles. The lowest BCUT2D eigenvalue weighted by molar-refractivity contribution is -0.112. The molecule has 1 amide bonds. The Morgan fingerprint density at radius 2 is 1.82 bits per heavy atom. The molecule has 0 aliphatic rings. The molecule has 2 rings (SSSR count). The predicted octanol–water partition coefficient (Wildman–Crippen LogP) is 4.50. The first kappa shape index (κ1) is 15.8. The van der Waals surface area contributed by atoms with Crippen LogP contribution >= 0.6 is 11.6 Å². The second kappa shape index (κ2) is 6.93. The summed E-state index contributed by atoms with van der Waals surface area (Å²) in [5, 5.41) is 12.5. The van der Waals surface area contributed by atoms with Gasteiger partial charge in [0.2, 0.25) is 0 Å². The van der Waals surface area contributed by atoms with Gasteiger partial charge in [-0.3, -0.25) is 4.79 Å². The van der Waals surface area contributed by atoms with Gasteiger partial charge in [0, 0.05) is 10.7 Å². The quantitative estimate of drug-likeness (QED) is 0.670. The van der Waals surface area contributed by atoms with E-state index < -0.39 is 5.91 Å². The molecule has 0 aromatic heterocycles. The molecule has 0 atom stereocenters. The molecule has 0 radical (unpaired) electrons. The van der Waals surface area contributed by atoms with E-state index in [0.717, 1.165) is 16.7 Å². The van der Waals surface area contributed by atoms with Gasteiger partial charge in [-0.05, 0) is 60.9 Å². The topological polar surface area (TPSA) is 52.9 Å². The van der Waals surface area contributed by atoms with Crippen LogP contribution in [0.2, 0.25) is 5.02 Å². The zero-order valence-corrected chi connectivity index (χ0v) is 13.1. The van der Waals surface area contributed by atoms with Gasteiger partial charge in [-0.1, -0.05) is 29.8 Å². The van der Waals surface area contributed by atoms with E-state index in [-0.39, 0.29) is 5.57 Å². The Morgan fingerprint density at radius 1 is 1.14 bits per heavy atom. The van der Waals surface area contributed by atoms with E-state index >= 15 is 0 Å². The summed E-state index contributed by atoms with van der Waals surface area (Å²) in [5.41, 5.74) is 3.69. The number of hydrogen-bond donors (Lipinski definition) is 1. The second-order valence-corrected chi connectivity index (χ2v) is 5.41. The number of carbonyl (C=O) groups excluding carboxylic acids is 1. The highest BCUT2D eigenvalue weighted by molar-refractivity contribution is 6.30. The summed E-state index contributed by atoms with van der Waals surface area (Å²) >= 11 is 5.81. The first-order valence-corrected chi connectivity index (χ1v) is 7.13. The number of nitrogens with zero attached hydrogens (tertiary/aromatic N) is 1. The monoisotopic (exact) mass is 310 g/mol. The van der Waals surface area contributed by atoms with Gasteiger partial charge in [-0.2, -0.15) is 5.26 Å². The number of amides is 1. The molecule has 0 unspecified atom stereocenters. The minimum Gasteiger partial charge on any atom is -0.321 e. The Bertz CT molecular complexity index is 771. The van der Waals surface area contributed by atoms with Crippen LogP contribution < -0.4 is 5.32 Å². The molecule has 1 N–H and O–H groups in total. The van der Waals surface area contributed by atoms with E-state index in [1.807, 2.05) is 38.1 Å². The summed E-state index contributed by atoms with van der Waals surface area (Å²) in [4.78, 5) is 12.2.